The van der Waals surface area contributed by atoms with Crippen molar-refractivity contribution in [3.8, 4) is 0 Å². The van der Waals surface area contributed by atoms with Gasteiger partial charge in [0.2, 0.25) is 0 Å². The maximum Gasteiger partial charge on any atom is 0.0434 e. The van der Waals surface area contributed by atoms with E-state index in [0.29, 0.717) is 5.92 Å². The Morgan fingerprint density at radius 1 is 1.22 bits per heavy atom. The van der Waals surface area contributed by atoms with Gasteiger partial charge in [0.1, 0.15) is 0 Å². The minimum atomic E-state index is 0.272. The van der Waals surface area contributed by atoms with Crippen molar-refractivity contribution in [2.75, 3.05) is 6.61 Å². The highest BCUT2D eigenvalue weighted by atomic mass is 16.2. The van der Waals surface area contributed by atoms with Gasteiger partial charge in [0.05, 0.1) is 0 Å². The van der Waals surface area contributed by atoms with Crippen LogP contribution in [0.25, 0.3) is 5.57 Å². The van der Waals surface area contributed by atoms with Crippen LogP contribution in [0.15, 0.2) is 54.1 Å². The van der Waals surface area contributed by atoms with Gasteiger partial charge < -0.3 is 5.11 Å². The summed E-state index contributed by atoms with van der Waals surface area (Å²) in [6.45, 7) is 0.272. The normalized spacial score (nSPS) is 20.8. The van der Waals surface area contributed by atoms with Crippen LogP contribution >= 0.6 is 0 Å². The Morgan fingerprint density at radius 3 is 2.89 bits per heavy atom. The van der Waals surface area contributed by atoms with E-state index in [0.717, 1.165) is 19.3 Å². The van der Waals surface area contributed by atoms with Crippen molar-refractivity contribution >= 4 is 5.57 Å². The van der Waals surface area contributed by atoms with Gasteiger partial charge >= 0.3 is 0 Å². The highest BCUT2D eigenvalue weighted by molar-refractivity contribution is 5.76. The lowest BCUT2D eigenvalue weighted by Gasteiger charge is -2.11. The van der Waals surface area contributed by atoms with Crippen molar-refractivity contribution in [1.82, 2.24) is 0 Å². The third-order valence-corrected chi connectivity index (χ3v) is 3.81. The van der Waals surface area contributed by atoms with Gasteiger partial charge in [-0.25, -0.2) is 0 Å². The second-order valence-corrected chi connectivity index (χ2v) is 4.96. The number of benzene rings is 1. The van der Waals surface area contributed by atoms with Gasteiger partial charge in [-0.3, -0.25) is 0 Å². The van der Waals surface area contributed by atoms with Crippen LogP contribution in [0.2, 0.25) is 0 Å². The summed E-state index contributed by atoms with van der Waals surface area (Å²) < 4.78 is 0. The molecule has 0 fully saturated rings. The molecule has 1 aromatic carbocycles. The van der Waals surface area contributed by atoms with E-state index in [1.807, 2.05) is 0 Å². The minimum absolute atomic E-state index is 0.272. The molecule has 0 bridgehead atoms. The summed E-state index contributed by atoms with van der Waals surface area (Å²) in [5.74, 6) is 0.449. The highest BCUT2D eigenvalue weighted by Gasteiger charge is 2.25. The first-order chi connectivity index (χ1) is 8.90. The van der Waals surface area contributed by atoms with E-state index in [-0.39, 0.29) is 6.61 Å². The molecule has 0 spiro atoms. The Morgan fingerprint density at radius 2 is 2.11 bits per heavy atom. The fourth-order valence-corrected chi connectivity index (χ4v) is 2.93. The zero-order valence-corrected chi connectivity index (χ0v) is 10.5. The first kappa shape index (κ1) is 11.5. The zero-order chi connectivity index (χ0) is 12.4. The van der Waals surface area contributed by atoms with E-state index >= 15 is 0 Å². The molecule has 18 heavy (non-hydrogen) atoms. The number of aliphatic hydroxyl groups excluding tert-OH is 1. The molecule has 0 heterocycles. The van der Waals surface area contributed by atoms with Crippen molar-refractivity contribution in [1.29, 1.82) is 0 Å². The number of allylic oxidation sites excluding steroid dienone is 6. The van der Waals surface area contributed by atoms with Crippen molar-refractivity contribution in [3.05, 3.63) is 65.3 Å². The van der Waals surface area contributed by atoms with Crippen molar-refractivity contribution in [2.45, 2.75) is 25.2 Å². The quantitative estimate of drug-likeness (QED) is 0.845. The average Bonchev–Trinajstić information content (AvgIpc) is 3.04. The summed E-state index contributed by atoms with van der Waals surface area (Å²) in [5.41, 5.74) is 5.70. The van der Waals surface area contributed by atoms with E-state index in [1.165, 1.54) is 22.3 Å². The van der Waals surface area contributed by atoms with Crippen LogP contribution in [0.3, 0.4) is 0 Å². The molecular weight excluding hydrogens is 220 g/mol. The molecule has 2 aliphatic rings. The van der Waals surface area contributed by atoms with Gasteiger partial charge in [-0.2, -0.15) is 0 Å². The number of rotatable bonds is 4. The Bertz CT molecular complexity index is 534. The predicted octanol–water partition coefficient (Wildman–Crippen LogP) is 3.83. The summed E-state index contributed by atoms with van der Waals surface area (Å²) in [6.07, 6.45) is 11.9. The Hall–Kier alpha value is -1.60. The average molecular weight is 238 g/mol. The number of fused-ring (bicyclic) bond motifs is 1. The maximum absolute atomic E-state index is 9.00. The van der Waals surface area contributed by atoms with Crippen LogP contribution in [-0.2, 0) is 0 Å². The smallest absolute Gasteiger partial charge is 0.0434 e. The third-order valence-electron chi connectivity index (χ3n) is 3.81. The molecule has 0 radical (unpaired) electrons. The van der Waals surface area contributed by atoms with Gasteiger partial charge in [-0.05, 0) is 36.0 Å². The molecule has 2 aliphatic carbocycles. The van der Waals surface area contributed by atoms with Crippen LogP contribution < -0.4 is 0 Å². The molecule has 3 rings (SSSR count). The van der Waals surface area contributed by atoms with Crippen LogP contribution in [0, 0.1) is 0 Å². The number of aliphatic hydroxyl groups is 1. The zero-order valence-electron chi connectivity index (χ0n) is 10.5. The van der Waals surface area contributed by atoms with Gasteiger partial charge in [0.15, 0.2) is 0 Å². The second kappa shape index (κ2) is 4.95. The van der Waals surface area contributed by atoms with Crippen LogP contribution in [-0.4, -0.2) is 11.7 Å². The predicted molar refractivity (Wildman–Crippen MR) is 75.3 cm³/mol. The summed E-state index contributed by atoms with van der Waals surface area (Å²) in [4.78, 5) is 0. The standard InChI is InChI=1S/C17H18O/c18-11-5-8-14-12-17(13-6-1-2-7-13)16-10-4-3-9-15(14)16/h1-4,6,9-10,12,17-18H,5,7-8,11H2. The molecule has 0 saturated heterocycles. The molecule has 0 amide bonds. The first-order valence-corrected chi connectivity index (χ1v) is 6.66. The molecule has 1 N–H and O–H groups in total. The number of hydrogen-bond acceptors (Lipinski definition) is 1. The summed E-state index contributed by atoms with van der Waals surface area (Å²) in [7, 11) is 0. The third kappa shape index (κ3) is 1.95. The Kier molecular flexibility index (Phi) is 3.16. The molecule has 1 nitrogen and oxygen atoms in total. The number of hydrogen-bond donors (Lipinski definition) is 1. The highest BCUT2D eigenvalue weighted by Crippen LogP contribution is 2.43. The fourth-order valence-electron chi connectivity index (χ4n) is 2.93. The van der Waals surface area contributed by atoms with Crippen LogP contribution in [0.5, 0.6) is 0 Å². The fraction of sp³-hybridized carbons (Fsp3) is 0.294. The Balaban J connectivity index is 1.94. The lowest BCUT2D eigenvalue weighted by atomic mass is 9.92. The molecule has 92 valence electrons. The summed E-state index contributed by atoms with van der Waals surface area (Å²) in [6, 6.07) is 8.68. The molecule has 1 heteroatoms. The minimum Gasteiger partial charge on any atom is -0.396 e. The van der Waals surface area contributed by atoms with Crippen molar-refractivity contribution in [2.24, 2.45) is 0 Å². The summed E-state index contributed by atoms with van der Waals surface area (Å²) >= 11 is 0. The maximum atomic E-state index is 9.00. The molecule has 1 atom stereocenters. The van der Waals surface area contributed by atoms with E-state index in [2.05, 4.69) is 48.6 Å². The van der Waals surface area contributed by atoms with Crippen LogP contribution in [0.4, 0.5) is 0 Å². The van der Waals surface area contributed by atoms with Crippen molar-refractivity contribution in [3.63, 3.8) is 0 Å². The van der Waals surface area contributed by atoms with E-state index < -0.39 is 0 Å². The molecule has 0 aliphatic heterocycles. The first-order valence-electron chi connectivity index (χ1n) is 6.66. The molecular formula is C17H18O. The Labute approximate surface area is 108 Å². The topological polar surface area (TPSA) is 20.2 Å². The van der Waals surface area contributed by atoms with E-state index in [1.54, 1.807) is 0 Å². The summed E-state index contributed by atoms with van der Waals surface area (Å²) in [5, 5.41) is 9.00. The van der Waals surface area contributed by atoms with Gasteiger partial charge in [0.25, 0.3) is 0 Å². The lowest BCUT2D eigenvalue weighted by Crippen LogP contribution is -1.95. The van der Waals surface area contributed by atoms with Gasteiger partial charge in [-0.1, -0.05) is 54.1 Å². The second-order valence-electron chi connectivity index (χ2n) is 4.96. The monoisotopic (exact) mass is 238 g/mol. The molecule has 0 saturated carbocycles. The largest absolute Gasteiger partial charge is 0.396 e. The van der Waals surface area contributed by atoms with Gasteiger partial charge in [0, 0.05) is 12.5 Å². The van der Waals surface area contributed by atoms with Crippen LogP contribution in [0.1, 0.15) is 36.3 Å². The lowest BCUT2D eigenvalue weighted by molar-refractivity contribution is 0.290. The van der Waals surface area contributed by atoms with E-state index in [9.17, 15) is 0 Å². The molecule has 0 aromatic heterocycles. The molecule has 1 aromatic rings. The van der Waals surface area contributed by atoms with Crippen molar-refractivity contribution < 1.29 is 5.11 Å². The van der Waals surface area contributed by atoms with E-state index in [4.69, 9.17) is 5.11 Å². The van der Waals surface area contributed by atoms with Gasteiger partial charge in [-0.15, -0.1) is 0 Å². The SMILES string of the molecule is OCCCC1=CC(C2=CC=CC2)c2ccccc21. The molecule has 1 unspecified atom stereocenters.